The Morgan fingerprint density at radius 3 is 2.50 bits per heavy atom. The Hall–Kier alpha value is -2.16. The molecule has 0 radical (unpaired) electrons. The molecule has 0 unspecified atom stereocenters. The first kappa shape index (κ1) is 14.3. The lowest BCUT2D eigenvalue weighted by atomic mass is 10.1. The summed E-state index contributed by atoms with van der Waals surface area (Å²) in [6.45, 7) is 4.43. The molecule has 1 aromatic carbocycles. The van der Waals surface area contributed by atoms with E-state index in [-0.39, 0.29) is 33.6 Å². The van der Waals surface area contributed by atoms with Crippen LogP contribution in [0.5, 0.6) is 0 Å². The van der Waals surface area contributed by atoms with Gasteiger partial charge in [-0.2, -0.15) is 0 Å². The first-order valence-corrected chi connectivity index (χ1v) is 7.09. The van der Waals surface area contributed by atoms with Gasteiger partial charge < -0.3 is 10.2 Å². The third kappa shape index (κ3) is 2.44. The summed E-state index contributed by atoms with van der Waals surface area (Å²) in [5.41, 5.74) is 5.68. The summed E-state index contributed by atoms with van der Waals surface area (Å²) >= 11 is 0. The molecule has 2 aromatic rings. The second-order valence-corrected chi connectivity index (χ2v) is 5.89. The minimum Gasteiger partial charge on any atom is -0.408 e. The summed E-state index contributed by atoms with van der Waals surface area (Å²) in [6, 6.07) is 0.805. The number of sulfonamides is 1. The number of nitrogen functional groups attached to an aromatic ring is 1. The molecular weight excluding hydrogens is 287 g/mol. The molecule has 0 saturated carbocycles. The van der Waals surface area contributed by atoms with E-state index in [2.05, 4.69) is 14.9 Å². The molecule has 0 spiro atoms. The lowest BCUT2D eigenvalue weighted by molar-refractivity contribution is 0.534. The van der Waals surface area contributed by atoms with Gasteiger partial charge in [0.25, 0.3) is 10.0 Å². The van der Waals surface area contributed by atoms with E-state index in [0.717, 1.165) is 6.07 Å². The number of nitrogens with one attached hydrogen (secondary N) is 1. The first-order chi connectivity index (χ1) is 9.22. The Bertz CT molecular complexity index is 770. The van der Waals surface area contributed by atoms with Crippen LogP contribution in [0.4, 0.5) is 16.1 Å². The summed E-state index contributed by atoms with van der Waals surface area (Å²) in [5, 5.41) is 7.06. The van der Waals surface area contributed by atoms with Crippen LogP contribution in [0.25, 0.3) is 0 Å². The quantitative estimate of drug-likeness (QED) is 0.831. The third-order valence-electron chi connectivity index (χ3n) is 2.72. The predicted octanol–water partition coefficient (Wildman–Crippen LogP) is 1.52. The van der Waals surface area contributed by atoms with Crippen LogP contribution in [0.1, 0.15) is 17.0 Å². The molecule has 3 N–H and O–H groups in total. The van der Waals surface area contributed by atoms with Crippen molar-refractivity contribution < 1.29 is 17.2 Å². The van der Waals surface area contributed by atoms with Crippen molar-refractivity contribution in [3.8, 4) is 0 Å². The monoisotopic (exact) mass is 300 g/mol. The van der Waals surface area contributed by atoms with E-state index in [0.29, 0.717) is 0 Å². The van der Waals surface area contributed by atoms with Crippen LogP contribution in [0, 0.1) is 26.6 Å². The van der Waals surface area contributed by atoms with Gasteiger partial charge >= 0.3 is 6.01 Å². The van der Waals surface area contributed by atoms with Crippen LogP contribution in [0.15, 0.2) is 15.4 Å². The molecule has 9 heteroatoms. The standard InChI is InChI=1S/C11H13FN4O3S/c1-5-4-8(12)9(13)6(2)10(5)20(17,18)16-11-15-14-7(3)19-11/h4H,13H2,1-3H3,(H,15,16). The maximum Gasteiger partial charge on any atom is 0.329 e. The number of nitrogens with zero attached hydrogens (tertiary/aromatic N) is 2. The first-order valence-electron chi connectivity index (χ1n) is 5.60. The van der Waals surface area contributed by atoms with Gasteiger partial charge in [-0.15, -0.1) is 5.10 Å². The molecule has 7 nitrogen and oxygen atoms in total. The number of hydrogen-bond donors (Lipinski definition) is 2. The zero-order chi connectivity index (χ0) is 15.1. The van der Waals surface area contributed by atoms with Gasteiger partial charge in [0.1, 0.15) is 5.82 Å². The van der Waals surface area contributed by atoms with Crippen LogP contribution in [-0.4, -0.2) is 18.6 Å². The smallest absolute Gasteiger partial charge is 0.329 e. The molecule has 1 heterocycles. The van der Waals surface area contributed by atoms with E-state index >= 15 is 0 Å². The normalized spacial score (nSPS) is 11.6. The number of aryl methyl sites for hydroxylation is 2. The molecule has 108 valence electrons. The van der Waals surface area contributed by atoms with Crippen molar-refractivity contribution in [2.75, 3.05) is 10.5 Å². The summed E-state index contributed by atoms with van der Waals surface area (Å²) in [4.78, 5) is -0.104. The van der Waals surface area contributed by atoms with Crippen LogP contribution < -0.4 is 10.5 Å². The van der Waals surface area contributed by atoms with Crippen molar-refractivity contribution in [2.45, 2.75) is 25.7 Å². The van der Waals surface area contributed by atoms with Gasteiger partial charge in [-0.3, -0.25) is 0 Å². The fraction of sp³-hybridized carbons (Fsp3) is 0.273. The molecule has 0 fully saturated rings. The van der Waals surface area contributed by atoms with Crippen LogP contribution in [0.2, 0.25) is 0 Å². The van der Waals surface area contributed by atoms with Gasteiger partial charge in [-0.1, -0.05) is 5.10 Å². The average Bonchev–Trinajstić information content (AvgIpc) is 2.70. The highest BCUT2D eigenvalue weighted by molar-refractivity contribution is 7.92. The van der Waals surface area contributed by atoms with E-state index in [9.17, 15) is 12.8 Å². The van der Waals surface area contributed by atoms with Crippen molar-refractivity contribution in [3.05, 3.63) is 28.9 Å². The lowest BCUT2D eigenvalue weighted by Gasteiger charge is -2.13. The van der Waals surface area contributed by atoms with Gasteiger partial charge in [0.2, 0.25) is 5.89 Å². The highest BCUT2D eigenvalue weighted by atomic mass is 32.2. The third-order valence-corrected chi connectivity index (χ3v) is 4.33. The number of benzene rings is 1. The van der Waals surface area contributed by atoms with Crippen LogP contribution in [-0.2, 0) is 10.0 Å². The molecule has 0 atom stereocenters. The zero-order valence-electron chi connectivity index (χ0n) is 11.1. The van der Waals surface area contributed by atoms with Crippen LogP contribution in [0.3, 0.4) is 0 Å². The molecule has 2 rings (SSSR count). The number of aromatic nitrogens is 2. The predicted molar refractivity (Wildman–Crippen MR) is 70.1 cm³/mol. The fourth-order valence-corrected chi connectivity index (χ4v) is 3.26. The zero-order valence-corrected chi connectivity index (χ0v) is 11.9. The second-order valence-electron chi connectivity index (χ2n) is 4.27. The highest BCUT2D eigenvalue weighted by Gasteiger charge is 2.24. The Kier molecular flexibility index (Phi) is 3.38. The Morgan fingerprint density at radius 1 is 1.30 bits per heavy atom. The molecule has 0 saturated heterocycles. The maximum atomic E-state index is 13.5. The van der Waals surface area contributed by atoms with Crippen molar-refractivity contribution in [2.24, 2.45) is 0 Å². The topological polar surface area (TPSA) is 111 Å². The minimum absolute atomic E-state index is 0.104. The van der Waals surface area contributed by atoms with Gasteiger partial charge in [0.05, 0.1) is 10.6 Å². The van der Waals surface area contributed by atoms with Gasteiger partial charge in [0, 0.05) is 6.92 Å². The molecular formula is C11H13FN4O3S. The molecule has 0 aliphatic rings. The van der Waals surface area contributed by atoms with E-state index < -0.39 is 15.8 Å². The molecule has 1 aromatic heterocycles. The number of nitrogens with two attached hydrogens (primary N) is 1. The van der Waals surface area contributed by atoms with Crippen molar-refractivity contribution in [1.82, 2.24) is 10.2 Å². The summed E-state index contributed by atoms with van der Waals surface area (Å²) < 4.78 is 45.2. The van der Waals surface area contributed by atoms with Crippen molar-refractivity contribution in [1.29, 1.82) is 0 Å². The summed E-state index contributed by atoms with van der Waals surface area (Å²) in [7, 11) is -3.99. The molecule has 0 amide bonds. The van der Waals surface area contributed by atoms with E-state index in [4.69, 9.17) is 10.2 Å². The van der Waals surface area contributed by atoms with Gasteiger partial charge in [-0.05, 0) is 31.0 Å². The van der Waals surface area contributed by atoms with E-state index in [1.807, 2.05) is 0 Å². The largest absolute Gasteiger partial charge is 0.408 e. The van der Waals surface area contributed by atoms with Crippen molar-refractivity contribution in [3.63, 3.8) is 0 Å². The second kappa shape index (κ2) is 4.75. The maximum absolute atomic E-state index is 13.5. The number of halogens is 1. The van der Waals surface area contributed by atoms with E-state index in [1.54, 1.807) is 0 Å². The Labute approximate surface area is 115 Å². The SMILES string of the molecule is Cc1nnc(NS(=O)(=O)c2c(C)cc(F)c(N)c2C)o1. The fourth-order valence-electron chi connectivity index (χ4n) is 1.85. The van der Waals surface area contributed by atoms with Gasteiger partial charge in [0.15, 0.2) is 0 Å². The Morgan fingerprint density at radius 2 is 1.95 bits per heavy atom. The van der Waals surface area contributed by atoms with E-state index in [1.165, 1.54) is 20.8 Å². The minimum atomic E-state index is -3.99. The number of hydrogen-bond acceptors (Lipinski definition) is 6. The summed E-state index contributed by atoms with van der Waals surface area (Å²) in [5.74, 6) is -0.442. The summed E-state index contributed by atoms with van der Waals surface area (Å²) in [6.07, 6.45) is 0. The number of rotatable bonds is 3. The van der Waals surface area contributed by atoms with Gasteiger partial charge in [-0.25, -0.2) is 17.5 Å². The van der Waals surface area contributed by atoms with Crippen LogP contribution >= 0.6 is 0 Å². The highest BCUT2D eigenvalue weighted by Crippen LogP contribution is 2.28. The average molecular weight is 300 g/mol. The number of anilines is 2. The lowest BCUT2D eigenvalue weighted by Crippen LogP contribution is -2.17. The molecule has 0 bridgehead atoms. The molecule has 0 aliphatic carbocycles. The van der Waals surface area contributed by atoms with Crippen molar-refractivity contribution >= 4 is 21.7 Å². The molecule has 20 heavy (non-hydrogen) atoms. The molecule has 0 aliphatic heterocycles. The Balaban J connectivity index is 2.52.